The van der Waals surface area contributed by atoms with Crippen LogP contribution in [-0.2, 0) is 0 Å². The van der Waals surface area contributed by atoms with Gasteiger partial charge in [0.1, 0.15) is 11.9 Å². The highest BCUT2D eigenvalue weighted by atomic mass is 79.9. The molecule has 2 unspecified atom stereocenters. The predicted octanol–water partition coefficient (Wildman–Crippen LogP) is 5.28. The number of nitrogens with one attached hydrogen (secondary N) is 1. The fraction of sp³-hybridized carbons (Fsp3) is 0.294. The molecule has 2 aromatic carbocycles. The van der Waals surface area contributed by atoms with Gasteiger partial charge in [-0.1, -0.05) is 58.7 Å². The smallest absolute Gasteiger partial charge is 0.127 e. The summed E-state index contributed by atoms with van der Waals surface area (Å²) in [5.74, 6) is 0.960. The van der Waals surface area contributed by atoms with Gasteiger partial charge in [-0.2, -0.15) is 0 Å². The van der Waals surface area contributed by atoms with Gasteiger partial charge in [0, 0.05) is 33.1 Å². The van der Waals surface area contributed by atoms with E-state index in [1.54, 1.807) is 0 Å². The quantitative estimate of drug-likeness (QED) is 0.798. The van der Waals surface area contributed by atoms with Crippen molar-refractivity contribution in [1.29, 1.82) is 0 Å². The lowest BCUT2D eigenvalue weighted by molar-refractivity contribution is 0.151. The molecule has 2 nitrogen and oxygen atoms in total. The number of fused-ring (bicyclic) bond motifs is 1. The van der Waals surface area contributed by atoms with Gasteiger partial charge < -0.3 is 10.1 Å². The van der Waals surface area contributed by atoms with Crippen molar-refractivity contribution in [3.8, 4) is 5.75 Å². The summed E-state index contributed by atoms with van der Waals surface area (Å²) >= 11 is 9.63. The minimum absolute atomic E-state index is 0.0237. The van der Waals surface area contributed by atoms with Crippen LogP contribution in [0.3, 0.4) is 0 Å². The van der Waals surface area contributed by atoms with Crippen molar-refractivity contribution in [3.05, 3.63) is 63.1 Å². The van der Waals surface area contributed by atoms with Crippen molar-refractivity contribution >= 4 is 27.5 Å². The molecule has 4 heteroatoms. The SMILES string of the molecule is CCNC1CC(c2ccc(Cl)cc2Br)Oc2ccccc21. The van der Waals surface area contributed by atoms with Gasteiger partial charge in [0.25, 0.3) is 0 Å². The molecule has 0 saturated carbocycles. The molecule has 2 atom stereocenters. The third kappa shape index (κ3) is 3.10. The minimum atomic E-state index is 0.0237. The van der Waals surface area contributed by atoms with E-state index in [2.05, 4.69) is 40.3 Å². The largest absolute Gasteiger partial charge is 0.485 e. The Labute approximate surface area is 138 Å². The Morgan fingerprint density at radius 2 is 2.05 bits per heavy atom. The van der Waals surface area contributed by atoms with Gasteiger partial charge in [0.15, 0.2) is 0 Å². The summed E-state index contributed by atoms with van der Waals surface area (Å²) in [6, 6.07) is 14.4. The zero-order chi connectivity index (χ0) is 14.8. The number of halogens is 2. The van der Waals surface area contributed by atoms with Crippen LogP contribution in [0.2, 0.25) is 5.02 Å². The van der Waals surface area contributed by atoms with Crippen LogP contribution >= 0.6 is 27.5 Å². The first-order valence-corrected chi connectivity index (χ1v) is 8.30. The summed E-state index contributed by atoms with van der Waals surface area (Å²) < 4.78 is 7.20. The lowest BCUT2D eigenvalue weighted by Crippen LogP contribution is -2.29. The second kappa shape index (κ2) is 6.39. The van der Waals surface area contributed by atoms with Crippen molar-refractivity contribution in [3.63, 3.8) is 0 Å². The third-order valence-corrected chi connectivity index (χ3v) is 4.70. The second-order valence-corrected chi connectivity index (χ2v) is 6.45. The van der Waals surface area contributed by atoms with Gasteiger partial charge in [-0.25, -0.2) is 0 Å². The van der Waals surface area contributed by atoms with E-state index in [-0.39, 0.29) is 6.10 Å². The van der Waals surface area contributed by atoms with Gasteiger partial charge in [-0.3, -0.25) is 0 Å². The number of ether oxygens (including phenoxy) is 1. The standard InChI is InChI=1S/C17H17BrClNO/c1-2-20-15-10-17(12-8-7-11(19)9-14(12)18)21-16-6-4-3-5-13(15)16/h3-9,15,17,20H,2,10H2,1H3. The third-order valence-electron chi connectivity index (χ3n) is 3.77. The number of hydrogen-bond donors (Lipinski definition) is 1. The summed E-state index contributed by atoms with van der Waals surface area (Å²) in [4.78, 5) is 0. The summed E-state index contributed by atoms with van der Waals surface area (Å²) in [6.45, 7) is 3.07. The number of hydrogen-bond acceptors (Lipinski definition) is 2. The molecule has 21 heavy (non-hydrogen) atoms. The second-order valence-electron chi connectivity index (χ2n) is 5.16. The van der Waals surface area contributed by atoms with Crippen LogP contribution in [0.4, 0.5) is 0 Å². The van der Waals surface area contributed by atoms with E-state index in [1.807, 2.05) is 30.3 Å². The molecule has 0 aliphatic carbocycles. The number of rotatable bonds is 3. The fourth-order valence-corrected chi connectivity index (χ4v) is 3.75. The van der Waals surface area contributed by atoms with Crippen molar-refractivity contribution in [1.82, 2.24) is 5.32 Å². The monoisotopic (exact) mass is 365 g/mol. The topological polar surface area (TPSA) is 21.3 Å². The van der Waals surface area contributed by atoms with E-state index in [0.717, 1.165) is 33.8 Å². The molecule has 0 fully saturated rings. The highest BCUT2D eigenvalue weighted by Crippen LogP contribution is 2.42. The van der Waals surface area contributed by atoms with Crippen LogP contribution < -0.4 is 10.1 Å². The molecule has 1 aliphatic rings. The van der Waals surface area contributed by atoms with Crippen molar-refractivity contribution < 1.29 is 4.74 Å². The van der Waals surface area contributed by atoms with Crippen LogP contribution in [0.15, 0.2) is 46.9 Å². The zero-order valence-electron chi connectivity index (χ0n) is 11.8. The Morgan fingerprint density at radius 1 is 1.24 bits per heavy atom. The van der Waals surface area contributed by atoms with E-state index in [4.69, 9.17) is 16.3 Å². The molecule has 0 amide bonds. The summed E-state index contributed by atoms with van der Waals surface area (Å²) in [5.41, 5.74) is 2.37. The fourth-order valence-electron chi connectivity index (χ4n) is 2.81. The molecule has 0 saturated heterocycles. The Bertz CT molecular complexity index is 646. The highest BCUT2D eigenvalue weighted by Gasteiger charge is 2.29. The van der Waals surface area contributed by atoms with Crippen LogP contribution in [0.1, 0.15) is 36.6 Å². The van der Waals surface area contributed by atoms with Crippen LogP contribution in [0.25, 0.3) is 0 Å². The van der Waals surface area contributed by atoms with Crippen LogP contribution in [-0.4, -0.2) is 6.54 Å². The van der Waals surface area contributed by atoms with E-state index in [0.29, 0.717) is 6.04 Å². The first kappa shape index (κ1) is 14.9. The Hall–Kier alpha value is -1.03. The number of para-hydroxylation sites is 1. The first-order valence-electron chi connectivity index (χ1n) is 7.13. The normalized spacial score (nSPS) is 20.7. The molecule has 3 rings (SSSR count). The molecular weight excluding hydrogens is 350 g/mol. The van der Waals surface area contributed by atoms with Crippen molar-refractivity contribution in [2.45, 2.75) is 25.5 Å². The lowest BCUT2D eigenvalue weighted by Gasteiger charge is -2.33. The Kier molecular flexibility index (Phi) is 4.53. The van der Waals surface area contributed by atoms with E-state index in [1.165, 1.54) is 5.56 Å². The molecule has 1 aliphatic heterocycles. The predicted molar refractivity (Wildman–Crippen MR) is 90.0 cm³/mol. The zero-order valence-corrected chi connectivity index (χ0v) is 14.1. The Balaban J connectivity index is 1.95. The maximum absolute atomic E-state index is 6.20. The maximum atomic E-state index is 6.20. The minimum Gasteiger partial charge on any atom is -0.485 e. The van der Waals surface area contributed by atoms with Crippen molar-refractivity contribution in [2.24, 2.45) is 0 Å². The molecular formula is C17H17BrClNO. The first-order chi connectivity index (χ1) is 10.2. The summed E-state index contributed by atoms with van der Waals surface area (Å²) in [6.07, 6.45) is 0.932. The molecule has 0 bridgehead atoms. The van der Waals surface area contributed by atoms with Gasteiger partial charge in [-0.15, -0.1) is 0 Å². The van der Waals surface area contributed by atoms with Crippen LogP contribution in [0, 0.1) is 0 Å². The molecule has 0 aromatic heterocycles. The molecule has 0 radical (unpaired) electrons. The molecule has 110 valence electrons. The average molecular weight is 367 g/mol. The summed E-state index contributed by atoms with van der Waals surface area (Å²) in [5, 5.41) is 4.28. The van der Waals surface area contributed by atoms with Gasteiger partial charge >= 0.3 is 0 Å². The Morgan fingerprint density at radius 3 is 2.81 bits per heavy atom. The van der Waals surface area contributed by atoms with E-state index in [9.17, 15) is 0 Å². The van der Waals surface area contributed by atoms with Gasteiger partial charge in [-0.05, 0) is 24.7 Å². The molecule has 1 N–H and O–H groups in total. The van der Waals surface area contributed by atoms with E-state index < -0.39 is 0 Å². The van der Waals surface area contributed by atoms with E-state index >= 15 is 0 Å². The average Bonchev–Trinajstić information content (AvgIpc) is 2.47. The van der Waals surface area contributed by atoms with Crippen molar-refractivity contribution in [2.75, 3.05) is 6.54 Å². The highest BCUT2D eigenvalue weighted by molar-refractivity contribution is 9.10. The molecule has 2 aromatic rings. The van der Waals surface area contributed by atoms with Gasteiger partial charge in [0.2, 0.25) is 0 Å². The summed E-state index contributed by atoms with van der Waals surface area (Å²) in [7, 11) is 0. The number of benzene rings is 2. The van der Waals surface area contributed by atoms with Gasteiger partial charge in [0.05, 0.1) is 0 Å². The molecule has 1 heterocycles. The lowest BCUT2D eigenvalue weighted by atomic mass is 9.93. The maximum Gasteiger partial charge on any atom is 0.127 e. The molecule has 0 spiro atoms. The van der Waals surface area contributed by atoms with Crippen LogP contribution in [0.5, 0.6) is 5.75 Å².